The summed E-state index contributed by atoms with van der Waals surface area (Å²) in [6, 6.07) is 63.5. The highest BCUT2D eigenvalue weighted by Crippen LogP contribution is 2.51. The molecule has 4 aliphatic rings. The predicted molar refractivity (Wildman–Crippen MR) is 316 cm³/mol. The van der Waals surface area contributed by atoms with Gasteiger partial charge in [-0.3, -0.25) is 0 Å². The number of nitrogens with zero attached hydrogens (tertiary/aromatic N) is 8. The Morgan fingerprint density at radius 2 is 0.592 bits per heavy atom. The Bertz CT molecular complexity index is 3880. The highest BCUT2D eigenvalue weighted by atomic mass is 16.5. The quantitative estimate of drug-likeness (QED) is 0.132. The molecule has 0 atom stereocenters. The SMILES string of the molecule is [2H]C([2H])([2H])N1CN(c2cccc(Oc3cccc(N4CN(c5cc(C)c(N6CN(c7cccc(Oc8cccc(N9CN(C)c%10cc(C)c(C)cc%109)c8)c7)c7ccccc76)cc5C)c5ccccc54)c3)c2)c2cc(C)c(C)cc21. The summed E-state index contributed by atoms with van der Waals surface area (Å²) in [5.41, 5.74) is 22.0. The maximum Gasteiger partial charge on any atom is 0.129 e. The van der Waals surface area contributed by atoms with Gasteiger partial charge in [-0.05, 0) is 184 Å². The first-order valence-electron chi connectivity index (χ1n) is 27.6. The number of aryl methyl sites for hydroxylation is 6. The van der Waals surface area contributed by atoms with E-state index in [0.717, 1.165) is 91.9 Å². The lowest BCUT2D eigenvalue weighted by atomic mass is 10.1. The van der Waals surface area contributed by atoms with Crippen molar-refractivity contribution in [2.75, 3.05) is 79.9 Å². The zero-order valence-electron chi connectivity index (χ0n) is 47.0. The van der Waals surface area contributed by atoms with E-state index >= 15 is 0 Å². The molecule has 0 bridgehead atoms. The molecule has 0 amide bonds. The summed E-state index contributed by atoms with van der Waals surface area (Å²) in [4.78, 5) is 17.7. The Morgan fingerprint density at radius 1 is 0.289 bits per heavy atom. The topological polar surface area (TPSA) is 44.4 Å². The summed E-state index contributed by atoms with van der Waals surface area (Å²) >= 11 is 0. The number of hydrogen-bond acceptors (Lipinski definition) is 10. The lowest BCUT2D eigenvalue weighted by molar-refractivity contribution is 0.482. The number of ether oxygens (including phenoxy) is 2. The van der Waals surface area contributed by atoms with Gasteiger partial charge in [-0.2, -0.15) is 0 Å². The van der Waals surface area contributed by atoms with Crippen LogP contribution in [0.3, 0.4) is 0 Å². The molecular weight excluding hydrogens is 937 g/mol. The molecule has 0 fully saturated rings. The van der Waals surface area contributed by atoms with Gasteiger partial charge in [-0.25, -0.2) is 0 Å². The minimum atomic E-state index is -2.28. The van der Waals surface area contributed by atoms with Crippen LogP contribution in [0.2, 0.25) is 0 Å². The number of para-hydroxylation sites is 4. The molecule has 378 valence electrons. The number of benzene rings is 9. The van der Waals surface area contributed by atoms with Crippen LogP contribution in [0, 0.1) is 41.5 Å². The van der Waals surface area contributed by atoms with E-state index in [1.54, 1.807) is 0 Å². The second kappa shape index (κ2) is 18.4. The van der Waals surface area contributed by atoms with E-state index in [2.05, 4.69) is 198 Å². The van der Waals surface area contributed by atoms with Crippen molar-refractivity contribution in [2.24, 2.45) is 0 Å². The molecule has 0 unspecified atom stereocenters. The van der Waals surface area contributed by atoms with Crippen LogP contribution in [-0.4, -0.2) is 40.7 Å². The second-order valence-electron chi connectivity index (χ2n) is 20.7. The third-order valence-corrected chi connectivity index (χ3v) is 15.7. The van der Waals surface area contributed by atoms with Crippen molar-refractivity contribution in [2.45, 2.75) is 41.5 Å². The Balaban J connectivity index is 0.733. The Hall–Kier alpha value is -9.02. The molecular formula is C66H62N8O2. The Morgan fingerprint density at radius 3 is 0.961 bits per heavy atom. The first kappa shape index (κ1) is 43.4. The van der Waals surface area contributed by atoms with Gasteiger partial charge >= 0.3 is 0 Å². The van der Waals surface area contributed by atoms with Gasteiger partial charge in [-0.15, -0.1) is 0 Å². The molecule has 0 radical (unpaired) electrons. The minimum Gasteiger partial charge on any atom is -0.457 e. The Labute approximate surface area is 451 Å². The number of hydrogen-bond donors (Lipinski definition) is 0. The van der Waals surface area contributed by atoms with Crippen LogP contribution in [0.1, 0.15) is 37.5 Å². The molecule has 10 nitrogen and oxygen atoms in total. The van der Waals surface area contributed by atoms with E-state index in [0.29, 0.717) is 30.5 Å². The van der Waals surface area contributed by atoms with Gasteiger partial charge < -0.3 is 48.7 Å². The molecule has 10 heteroatoms. The van der Waals surface area contributed by atoms with Crippen LogP contribution in [-0.2, 0) is 0 Å². The van der Waals surface area contributed by atoms with Gasteiger partial charge in [-0.1, -0.05) is 48.5 Å². The smallest absolute Gasteiger partial charge is 0.129 e. The van der Waals surface area contributed by atoms with Crippen molar-refractivity contribution in [3.8, 4) is 23.0 Å². The first-order chi connectivity index (χ1) is 38.1. The predicted octanol–water partition coefficient (Wildman–Crippen LogP) is 16.7. The summed E-state index contributed by atoms with van der Waals surface area (Å²) in [6.07, 6.45) is 0. The van der Waals surface area contributed by atoms with E-state index in [-0.39, 0.29) is 6.67 Å². The molecule has 4 aliphatic heterocycles. The molecule has 4 heterocycles. The molecule has 9 aromatic rings. The normalized spacial score (nSPS) is 15.2. The van der Waals surface area contributed by atoms with E-state index in [1.165, 1.54) is 38.5 Å². The van der Waals surface area contributed by atoms with Crippen molar-refractivity contribution in [1.82, 2.24) is 0 Å². The monoisotopic (exact) mass is 1000 g/mol. The highest BCUT2D eigenvalue weighted by molar-refractivity contribution is 5.92. The van der Waals surface area contributed by atoms with Crippen molar-refractivity contribution < 1.29 is 13.6 Å². The van der Waals surface area contributed by atoms with E-state index < -0.39 is 6.98 Å². The van der Waals surface area contributed by atoms with Gasteiger partial charge in [0.15, 0.2) is 0 Å². The third-order valence-electron chi connectivity index (χ3n) is 15.7. The van der Waals surface area contributed by atoms with E-state index in [4.69, 9.17) is 13.6 Å². The average molecular weight is 1000 g/mol. The van der Waals surface area contributed by atoms with Crippen LogP contribution in [0.4, 0.5) is 79.6 Å². The molecule has 76 heavy (non-hydrogen) atoms. The summed E-state index contributed by atoms with van der Waals surface area (Å²) < 4.78 is 38.2. The number of rotatable bonds is 10. The molecule has 0 aliphatic carbocycles. The van der Waals surface area contributed by atoms with Gasteiger partial charge in [0, 0.05) is 76.5 Å². The minimum absolute atomic E-state index is 0.210. The molecule has 0 saturated carbocycles. The summed E-state index contributed by atoms with van der Waals surface area (Å²) in [7, 11) is 2.15. The van der Waals surface area contributed by atoms with Gasteiger partial charge in [0.2, 0.25) is 0 Å². The fourth-order valence-electron chi connectivity index (χ4n) is 11.4. The maximum absolute atomic E-state index is 8.30. The summed E-state index contributed by atoms with van der Waals surface area (Å²) in [5.74, 6) is 2.93. The first-order valence-corrected chi connectivity index (χ1v) is 26.1. The summed E-state index contributed by atoms with van der Waals surface area (Å²) in [6.45, 7) is 12.8. The lowest BCUT2D eigenvalue weighted by Crippen LogP contribution is -2.26. The molecule has 0 spiro atoms. The van der Waals surface area contributed by atoms with E-state index in [1.807, 2.05) is 66.4 Å². The van der Waals surface area contributed by atoms with Crippen molar-refractivity contribution in [3.63, 3.8) is 0 Å². The van der Waals surface area contributed by atoms with Gasteiger partial charge in [0.1, 0.15) is 36.3 Å². The molecule has 0 N–H and O–H groups in total. The van der Waals surface area contributed by atoms with Crippen LogP contribution in [0.5, 0.6) is 23.0 Å². The number of anilines is 14. The second-order valence-corrected chi connectivity index (χ2v) is 20.7. The van der Waals surface area contributed by atoms with Gasteiger partial charge in [0.05, 0.1) is 58.8 Å². The molecule has 9 aromatic carbocycles. The lowest BCUT2D eigenvalue weighted by Gasteiger charge is -2.28. The largest absolute Gasteiger partial charge is 0.457 e. The van der Waals surface area contributed by atoms with Crippen LogP contribution >= 0.6 is 0 Å². The zero-order valence-corrected chi connectivity index (χ0v) is 44.0. The van der Waals surface area contributed by atoms with Crippen molar-refractivity contribution in [1.29, 1.82) is 0 Å². The average Bonchev–Trinajstić information content (AvgIpc) is 4.30. The maximum atomic E-state index is 8.30. The molecule has 13 rings (SSSR count). The van der Waals surface area contributed by atoms with Crippen LogP contribution in [0.25, 0.3) is 0 Å². The third kappa shape index (κ3) is 8.12. The molecule has 0 saturated heterocycles. The van der Waals surface area contributed by atoms with Gasteiger partial charge in [0.25, 0.3) is 0 Å². The highest BCUT2D eigenvalue weighted by Gasteiger charge is 2.33. The Kier molecular flexibility index (Phi) is 10.5. The van der Waals surface area contributed by atoms with Crippen molar-refractivity contribution in [3.05, 3.63) is 215 Å². The fraction of sp³-hybridized carbons (Fsp3) is 0.182. The van der Waals surface area contributed by atoms with E-state index in [9.17, 15) is 0 Å². The standard InChI is InChI=1S/C66H62N8O2/c1-43-29-63-65(31-45(43)3)69(39-67(63)7)49-17-13-21-53(35-49)75-55-23-15-19-51(37-55)71-41-73(59-27-11-9-25-57(59)71)61-33-48(6)62(34-47(61)5)74-42-72(58-26-10-12-28-60(58)74)52-20-16-24-56(38-52)76-54-22-14-18-50(36-54)70-40-68(8)64-30-44(2)46(4)32-66(64)70/h9-38H,39-42H2,1-8H3/i7D3. The fourth-order valence-corrected chi connectivity index (χ4v) is 11.4. The summed E-state index contributed by atoms with van der Waals surface area (Å²) in [5, 5.41) is 0. The molecule has 0 aromatic heterocycles. The van der Waals surface area contributed by atoms with Crippen LogP contribution < -0.4 is 48.7 Å². The van der Waals surface area contributed by atoms with Crippen molar-refractivity contribution >= 4 is 79.6 Å². The zero-order chi connectivity index (χ0) is 54.4. The number of fused-ring (bicyclic) bond motifs is 4. The van der Waals surface area contributed by atoms with Crippen LogP contribution in [0.15, 0.2) is 182 Å².